The van der Waals surface area contributed by atoms with Crippen LogP contribution in [0.4, 0.5) is 0 Å². The molecule has 1 aromatic heterocycles. The molecule has 0 unspecified atom stereocenters. The van der Waals surface area contributed by atoms with E-state index in [4.69, 9.17) is 4.74 Å². The van der Waals surface area contributed by atoms with Gasteiger partial charge in [0, 0.05) is 7.05 Å². The molecule has 1 aliphatic heterocycles. The number of H-pyrrole nitrogens is 1. The van der Waals surface area contributed by atoms with E-state index in [2.05, 4.69) is 21.2 Å². The Morgan fingerprint density at radius 1 is 1.48 bits per heavy atom. The first-order valence-corrected chi connectivity index (χ1v) is 7.05. The summed E-state index contributed by atoms with van der Waals surface area (Å²) in [6.07, 6.45) is 3.89. The highest BCUT2D eigenvalue weighted by Gasteiger charge is 2.14. The molecule has 6 nitrogen and oxygen atoms in total. The average molecular weight is 286 g/mol. The third-order valence-corrected chi connectivity index (χ3v) is 3.61. The number of fused-ring (bicyclic) bond motifs is 1. The lowest BCUT2D eigenvalue weighted by Gasteiger charge is -2.19. The van der Waals surface area contributed by atoms with E-state index < -0.39 is 0 Å². The summed E-state index contributed by atoms with van der Waals surface area (Å²) in [7, 11) is 1.77. The maximum Gasteiger partial charge on any atom is 0.227 e. The number of ether oxygens (including phenoxy) is 1. The Bertz CT molecular complexity index is 625. The van der Waals surface area contributed by atoms with Crippen LogP contribution in [0.1, 0.15) is 23.4 Å². The van der Waals surface area contributed by atoms with Gasteiger partial charge in [-0.05, 0) is 30.0 Å². The fourth-order valence-electron chi connectivity index (χ4n) is 2.45. The Morgan fingerprint density at radius 2 is 2.38 bits per heavy atom. The largest absolute Gasteiger partial charge is 0.493 e. The molecule has 110 valence electrons. The molecule has 1 aromatic carbocycles. The van der Waals surface area contributed by atoms with Crippen LogP contribution >= 0.6 is 0 Å². The minimum atomic E-state index is 0.0584. The van der Waals surface area contributed by atoms with Crippen molar-refractivity contribution >= 4 is 5.91 Å². The maximum absolute atomic E-state index is 12.2. The summed E-state index contributed by atoms with van der Waals surface area (Å²) in [6, 6.07) is 6.01. The highest BCUT2D eigenvalue weighted by molar-refractivity contribution is 5.78. The monoisotopic (exact) mass is 286 g/mol. The molecule has 2 heterocycles. The number of aromatic nitrogens is 3. The van der Waals surface area contributed by atoms with E-state index in [1.54, 1.807) is 11.9 Å². The number of likely N-dealkylation sites (N-methyl/N-ethyl adjacent to an activating group) is 1. The summed E-state index contributed by atoms with van der Waals surface area (Å²) in [5, 5.41) is 6.53. The van der Waals surface area contributed by atoms with E-state index in [1.807, 2.05) is 12.1 Å². The van der Waals surface area contributed by atoms with Gasteiger partial charge in [0.25, 0.3) is 0 Å². The molecule has 21 heavy (non-hydrogen) atoms. The van der Waals surface area contributed by atoms with Crippen molar-refractivity contribution in [2.24, 2.45) is 0 Å². The summed E-state index contributed by atoms with van der Waals surface area (Å²) in [5.74, 6) is 1.69. The summed E-state index contributed by atoms with van der Waals surface area (Å²) in [6.45, 7) is 1.22. The predicted molar refractivity (Wildman–Crippen MR) is 76.8 cm³/mol. The van der Waals surface area contributed by atoms with Gasteiger partial charge in [-0.25, -0.2) is 4.98 Å². The minimum Gasteiger partial charge on any atom is -0.493 e. The first-order chi connectivity index (χ1) is 10.2. The zero-order valence-corrected chi connectivity index (χ0v) is 12.0. The van der Waals surface area contributed by atoms with Crippen molar-refractivity contribution < 1.29 is 9.53 Å². The SMILES string of the molecule is CN(Cc1ncn[nH]1)C(=O)Cc1ccc2c(c1)CCCO2. The fraction of sp³-hybridized carbons (Fsp3) is 0.400. The Morgan fingerprint density at radius 3 is 3.19 bits per heavy atom. The highest BCUT2D eigenvalue weighted by Crippen LogP contribution is 2.25. The van der Waals surface area contributed by atoms with Crippen LogP contribution in [-0.2, 0) is 24.2 Å². The number of nitrogens with zero attached hydrogens (tertiary/aromatic N) is 3. The van der Waals surface area contributed by atoms with Crippen molar-refractivity contribution in [2.75, 3.05) is 13.7 Å². The van der Waals surface area contributed by atoms with Crippen molar-refractivity contribution in [2.45, 2.75) is 25.8 Å². The number of carbonyl (C=O) groups is 1. The van der Waals surface area contributed by atoms with Crippen LogP contribution in [0.2, 0.25) is 0 Å². The third kappa shape index (κ3) is 3.21. The molecular formula is C15H18N4O2. The lowest BCUT2D eigenvalue weighted by atomic mass is 10.0. The van der Waals surface area contributed by atoms with Gasteiger partial charge in [-0.2, -0.15) is 5.10 Å². The van der Waals surface area contributed by atoms with Gasteiger partial charge in [0.2, 0.25) is 5.91 Å². The van der Waals surface area contributed by atoms with E-state index >= 15 is 0 Å². The van der Waals surface area contributed by atoms with Gasteiger partial charge in [-0.1, -0.05) is 12.1 Å². The number of hydrogen-bond acceptors (Lipinski definition) is 4. The molecule has 1 N–H and O–H groups in total. The van der Waals surface area contributed by atoms with Crippen molar-refractivity contribution in [3.05, 3.63) is 41.5 Å². The molecule has 0 fully saturated rings. The van der Waals surface area contributed by atoms with E-state index in [9.17, 15) is 4.79 Å². The van der Waals surface area contributed by atoms with Crippen LogP contribution in [-0.4, -0.2) is 39.6 Å². The molecule has 2 aromatic rings. The maximum atomic E-state index is 12.2. The second-order valence-corrected chi connectivity index (χ2v) is 5.25. The van der Waals surface area contributed by atoms with E-state index in [1.165, 1.54) is 11.9 Å². The van der Waals surface area contributed by atoms with Gasteiger partial charge in [0.15, 0.2) is 0 Å². The molecule has 0 saturated carbocycles. The second kappa shape index (κ2) is 5.95. The van der Waals surface area contributed by atoms with Gasteiger partial charge in [0.1, 0.15) is 17.9 Å². The first kappa shape index (κ1) is 13.6. The van der Waals surface area contributed by atoms with Crippen LogP contribution in [0.25, 0.3) is 0 Å². The quantitative estimate of drug-likeness (QED) is 0.920. The molecule has 0 radical (unpaired) electrons. The number of benzene rings is 1. The van der Waals surface area contributed by atoms with Crippen molar-refractivity contribution in [1.29, 1.82) is 0 Å². The smallest absolute Gasteiger partial charge is 0.227 e. The zero-order chi connectivity index (χ0) is 14.7. The van der Waals surface area contributed by atoms with Gasteiger partial charge in [0.05, 0.1) is 19.6 Å². The molecule has 3 rings (SSSR count). The normalized spacial score (nSPS) is 13.4. The lowest BCUT2D eigenvalue weighted by molar-refractivity contribution is -0.129. The molecule has 1 aliphatic rings. The van der Waals surface area contributed by atoms with Crippen molar-refractivity contribution in [3.63, 3.8) is 0 Å². The number of rotatable bonds is 4. The summed E-state index contributed by atoms with van der Waals surface area (Å²) >= 11 is 0. The molecular weight excluding hydrogens is 268 g/mol. The number of aryl methyl sites for hydroxylation is 1. The Hall–Kier alpha value is -2.37. The van der Waals surface area contributed by atoms with Gasteiger partial charge in [-0.3, -0.25) is 9.89 Å². The van der Waals surface area contributed by atoms with Gasteiger partial charge in [-0.15, -0.1) is 0 Å². The number of nitrogens with one attached hydrogen (secondary N) is 1. The number of amides is 1. The average Bonchev–Trinajstić information content (AvgIpc) is 3.00. The van der Waals surface area contributed by atoms with Crippen LogP contribution in [0, 0.1) is 0 Å². The molecule has 0 saturated heterocycles. The van der Waals surface area contributed by atoms with Crippen LogP contribution in [0.15, 0.2) is 24.5 Å². The third-order valence-electron chi connectivity index (χ3n) is 3.61. The van der Waals surface area contributed by atoms with Gasteiger partial charge >= 0.3 is 0 Å². The Labute approximate surface area is 123 Å². The number of hydrogen-bond donors (Lipinski definition) is 1. The zero-order valence-electron chi connectivity index (χ0n) is 12.0. The molecule has 0 bridgehead atoms. The van der Waals surface area contributed by atoms with Crippen LogP contribution in [0.5, 0.6) is 5.75 Å². The lowest BCUT2D eigenvalue weighted by Crippen LogP contribution is -2.28. The van der Waals surface area contributed by atoms with E-state index in [-0.39, 0.29) is 5.91 Å². The van der Waals surface area contributed by atoms with E-state index in [0.717, 1.165) is 30.8 Å². The van der Waals surface area contributed by atoms with Crippen molar-refractivity contribution in [3.8, 4) is 5.75 Å². The standard InChI is InChI=1S/C15H18N4O2/c1-19(9-14-16-10-17-18-14)15(20)8-11-4-5-13-12(7-11)3-2-6-21-13/h4-5,7,10H,2-3,6,8-9H2,1H3,(H,16,17,18). The topological polar surface area (TPSA) is 71.1 Å². The Kier molecular flexibility index (Phi) is 3.85. The second-order valence-electron chi connectivity index (χ2n) is 5.25. The summed E-state index contributed by atoms with van der Waals surface area (Å²) < 4.78 is 5.59. The molecule has 1 amide bonds. The van der Waals surface area contributed by atoms with Crippen LogP contribution in [0.3, 0.4) is 0 Å². The van der Waals surface area contributed by atoms with Crippen molar-refractivity contribution in [1.82, 2.24) is 20.1 Å². The summed E-state index contributed by atoms with van der Waals surface area (Å²) in [4.78, 5) is 17.9. The number of aromatic amines is 1. The highest BCUT2D eigenvalue weighted by atomic mass is 16.5. The number of carbonyl (C=O) groups excluding carboxylic acids is 1. The van der Waals surface area contributed by atoms with Gasteiger partial charge < -0.3 is 9.64 Å². The van der Waals surface area contributed by atoms with E-state index in [0.29, 0.717) is 18.8 Å². The molecule has 0 atom stereocenters. The molecule has 0 aliphatic carbocycles. The fourth-order valence-corrected chi connectivity index (χ4v) is 2.45. The first-order valence-electron chi connectivity index (χ1n) is 7.05. The summed E-state index contributed by atoms with van der Waals surface area (Å²) in [5.41, 5.74) is 2.22. The van der Waals surface area contributed by atoms with Crippen LogP contribution < -0.4 is 4.74 Å². The Balaban J connectivity index is 1.64. The molecule has 6 heteroatoms. The predicted octanol–water partition coefficient (Wildman–Crippen LogP) is 1.33. The molecule has 0 spiro atoms. The minimum absolute atomic E-state index is 0.0584.